The van der Waals surface area contributed by atoms with Crippen LogP contribution in [0.1, 0.15) is 298 Å². The average Bonchev–Trinajstić information content (AvgIpc) is 3.22. The Labute approximate surface area is 374 Å². The molecule has 356 valence electrons. The van der Waals surface area contributed by atoms with E-state index in [1.807, 2.05) is 0 Å². The van der Waals surface area contributed by atoms with Crippen LogP contribution in [0.3, 0.4) is 0 Å². The van der Waals surface area contributed by atoms with Crippen LogP contribution in [-0.2, 0) is 28.6 Å². The van der Waals surface area contributed by atoms with Gasteiger partial charge in [-0.2, -0.15) is 0 Å². The zero-order valence-corrected chi connectivity index (χ0v) is 41.1. The minimum absolute atomic E-state index is 0.0634. The quantitative estimate of drug-likeness (QED) is 0.0345. The van der Waals surface area contributed by atoms with E-state index in [2.05, 4.69) is 34.6 Å². The molecule has 0 aromatic heterocycles. The molecule has 6 heteroatoms. The van der Waals surface area contributed by atoms with Crippen LogP contribution in [0.4, 0.5) is 0 Å². The summed E-state index contributed by atoms with van der Waals surface area (Å²) < 4.78 is 16.8. The fourth-order valence-electron chi connectivity index (χ4n) is 8.17. The molecule has 0 fully saturated rings. The molecule has 0 aliphatic carbocycles. The molecule has 0 bridgehead atoms. The van der Waals surface area contributed by atoms with Crippen molar-refractivity contribution in [1.82, 2.24) is 0 Å². The SMILES string of the molecule is CCCCCCCCCCCCCCC(=O)OC[C@H](COC(=O)CCCCCCCCCCCCCCCC(C)C)OC(=O)CCCCCCCCCCCCCC(C)C. The Morgan fingerprint density at radius 2 is 0.550 bits per heavy atom. The van der Waals surface area contributed by atoms with E-state index in [1.165, 1.54) is 186 Å². The summed E-state index contributed by atoms with van der Waals surface area (Å²) in [7, 11) is 0. The van der Waals surface area contributed by atoms with Crippen molar-refractivity contribution in [2.45, 2.75) is 304 Å². The third-order valence-electron chi connectivity index (χ3n) is 12.2. The standard InChI is InChI=1S/C54H104O6/c1-6-7-8-9-10-11-12-19-24-29-34-39-44-52(55)58-47-51(60-54(57)46-41-36-31-26-21-16-18-23-28-33-38-43-50(4)5)48-59-53(56)45-40-35-30-25-20-15-13-14-17-22-27-32-37-42-49(2)3/h49-51H,6-48H2,1-5H3/t51-/m1/s1. The lowest BCUT2D eigenvalue weighted by atomic mass is 10.0. The van der Waals surface area contributed by atoms with Crippen molar-refractivity contribution in [1.29, 1.82) is 0 Å². The van der Waals surface area contributed by atoms with Gasteiger partial charge in [-0.3, -0.25) is 14.4 Å². The molecule has 0 spiro atoms. The van der Waals surface area contributed by atoms with Crippen molar-refractivity contribution in [3.05, 3.63) is 0 Å². The highest BCUT2D eigenvalue weighted by atomic mass is 16.6. The molecule has 0 aliphatic rings. The summed E-state index contributed by atoms with van der Waals surface area (Å²) in [5.41, 5.74) is 0. The molecule has 0 unspecified atom stereocenters. The minimum Gasteiger partial charge on any atom is -0.462 e. The monoisotopic (exact) mass is 849 g/mol. The molecular weight excluding hydrogens is 745 g/mol. The zero-order chi connectivity index (χ0) is 44.0. The highest BCUT2D eigenvalue weighted by molar-refractivity contribution is 5.71. The Morgan fingerprint density at radius 1 is 0.317 bits per heavy atom. The van der Waals surface area contributed by atoms with Crippen LogP contribution in [0.2, 0.25) is 0 Å². The number of ether oxygens (including phenoxy) is 3. The summed E-state index contributed by atoms with van der Waals surface area (Å²) >= 11 is 0. The van der Waals surface area contributed by atoms with Crippen molar-refractivity contribution in [3.8, 4) is 0 Å². The lowest BCUT2D eigenvalue weighted by molar-refractivity contribution is -0.167. The molecule has 60 heavy (non-hydrogen) atoms. The van der Waals surface area contributed by atoms with Crippen molar-refractivity contribution in [2.75, 3.05) is 13.2 Å². The summed E-state index contributed by atoms with van der Waals surface area (Å²) in [6, 6.07) is 0. The molecule has 0 amide bonds. The normalized spacial score (nSPS) is 12.1. The van der Waals surface area contributed by atoms with Gasteiger partial charge in [0.2, 0.25) is 0 Å². The first kappa shape index (κ1) is 58.4. The predicted molar refractivity (Wildman–Crippen MR) is 256 cm³/mol. The highest BCUT2D eigenvalue weighted by Crippen LogP contribution is 2.17. The predicted octanol–water partition coefficient (Wildman–Crippen LogP) is 17.3. The number of unbranched alkanes of at least 4 members (excludes halogenated alkanes) is 33. The van der Waals surface area contributed by atoms with Gasteiger partial charge in [-0.15, -0.1) is 0 Å². The molecule has 6 nitrogen and oxygen atoms in total. The molecule has 0 aliphatic heterocycles. The van der Waals surface area contributed by atoms with E-state index in [-0.39, 0.29) is 31.1 Å². The molecule has 0 saturated carbocycles. The largest absolute Gasteiger partial charge is 0.462 e. The van der Waals surface area contributed by atoms with E-state index in [0.717, 1.165) is 69.6 Å². The number of hydrogen-bond donors (Lipinski definition) is 0. The third kappa shape index (κ3) is 47.5. The van der Waals surface area contributed by atoms with Crippen molar-refractivity contribution in [2.24, 2.45) is 11.8 Å². The topological polar surface area (TPSA) is 78.9 Å². The van der Waals surface area contributed by atoms with Crippen LogP contribution in [0.5, 0.6) is 0 Å². The molecule has 1 atom stereocenters. The third-order valence-corrected chi connectivity index (χ3v) is 12.2. The van der Waals surface area contributed by atoms with Crippen LogP contribution >= 0.6 is 0 Å². The van der Waals surface area contributed by atoms with Gasteiger partial charge >= 0.3 is 17.9 Å². The van der Waals surface area contributed by atoms with Gasteiger partial charge in [0.15, 0.2) is 6.10 Å². The number of carbonyl (C=O) groups excluding carboxylic acids is 3. The fraction of sp³-hybridized carbons (Fsp3) is 0.944. The van der Waals surface area contributed by atoms with Crippen LogP contribution in [0, 0.1) is 11.8 Å². The zero-order valence-electron chi connectivity index (χ0n) is 41.1. The van der Waals surface area contributed by atoms with E-state index in [4.69, 9.17) is 14.2 Å². The van der Waals surface area contributed by atoms with Gasteiger partial charge < -0.3 is 14.2 Å². The fourth-order valence-corrected chi connectivity index (χ4v) is 8.17. The molecular formula is C54H104O6. The minimum atomic E-state index is -0.761. The number of rotatable bonds is 48. The Bertz CT molecular complexity index is 916. The average molecular weight is 849 g/mol. The van der Waals surface area contributed by atoms with E-state index in [9.17, 15) is 14.4 Å². The van der Waals surface area contributed by atoms with Gasteiger partial charge in [-0.1, -0.05) is 259 Å². The van der Waals surface area contributed by atoms with Gasteiger partial charge in [-0.25, -0.2) is 0 Å². The Hall–Kier alpha value is -1.59. The van der Waals surface area contributed by atoms with Crippen LogP contribution in [-0.4, -0.2) is 37.2 Å². The first-order valence-corrected chi connectivity index (χ1v) is 26.7. The number of carbonyl (C=O) groups is 3. The lowest BCUT2D eigenvalue weighted by Crippen LogP contribution is -2.30. The molecule has 0 heterocycles. The summed E-state index contributed by atoms with van der Waals surface area (Å²) in [4.78, 5) is 38.0. The molecule has 0 radical (unpaired) electrons. The lowest BCUT2D eigenvalue weighted by Gasteiger charge is -2.18. The molecule has 0 aromatic carbocycles. The molecule has 0 rings (SSSR count). The Balaban J connectivity index is 4.30. The number of esters is 3. The second kappa shape index (κ2) is 46.9. The Kier molecular flexibility index (Phi) is 45.7. The molecule has 0 aromatic rings. The maximum atomic E-state index is 12.8. The van der Waals surface area contributed by atoms with Crippen LogP contribution in [0.15, 0.2) is 0 Å². The van der Waals surface area contributed by atoms with E-state index in [1.54, 1.807) is 0 Å². The highest BCUT2D eigenvalue weighted by Gasteiger charge is 2.19. The summed E-state index contributed by atoms with van der Waals surface area (Å²) in [5, 5.41) is 0. The summed E-state index contributed by atoms with van der Waals surface area (Å²) in [5.74, 6) is 0.819. The first-order valence-electron chi connectivity index (χ1n) is 26.7. The molecule has 0 N–H and O–H groups in total. The second-order valence-electron chi connectivity index (χ2n) is 19.5. The maximum absolute atomic E-state index is 12.8. The number of hydrogen-bond acceptors (Lipinski definition) is 6. The van der Waals surface area contributed by atoms with Crippen LogP contribution < -0.4 is 0 Å². The van der Waals surface area contributed by atoms with Gasteiger partial charge in [0.05, 0.1) is 0 Å². The first-order chi connectivity index (χ1) is 29.2. The van der Waals surface area contributed by atoms with E-state index >= 15 is 0 Å². The smallest absolute Gasteiger partial charge is 0.306 e. The maximum Gasteiger partial charge on any atom is 0.306 e. The summed E-state index contributed by atoms with van der Waals surface area (Å²) in [6.45, 7) is 11.4. The Morgan fingerprint density at radius 3 is 0.817 bits per heavy atom. The van der Waals surface area contributed by atoms with Crippen molar-refractivity contribution in [3.63, 3.8) is 0 Å². The van der Waals surface area contributed by atoms with Crippen molar-refractivity contribution < 1.29 is 28.6 Å². The van der Waals surface area contributed by atoms with Gasteiger partial charge in [0, 0.05) is 19.3 Å². The van der Waals surface area contributed by atoms with Crippen LogP contribution in [0.25, 0.3) is 0 Å². The second-order valence-corrected chi connectivity index (χ2v) is 19.5. The van der Waals surface area contributed by atoms with Gasteiger partial charge in [0.1, 0.15) is 13.2 Å². The molecule has 0 saturated heterocycles. The van der Waals surface area contributed by atoms with Gasteiger partial charge in [-0.05, 0) is 31.1 Å². The summed E-state index contributed by atoms with van der Waals surface area (Å²) in [6.07, 6.45) is 48.0. The van der Waals surface area contributed by atoms with Gasteiger partial charge in [0.25, 0.3) is 0 Å². The van der Waals surface area contributed by atoms with Crippen molar-refractivity contribution >= 4 is 17.9 Å². The van der Waals surface area contributed by atoms with E-state index in [0.29, 0.717) is 19.3 Å². The van der Waals surface area contributed by atoms with E-state index < -0.39 is 6.10 Å².